The second-order valence-electron chi connectivity index (χ2n) is 5.11. The van der Waals surface area contributed by atoms with E-state index in [4.69, 9.17) is 4.74 Å². The van der Waals surface area contributed by atoms with E-state index in [1.807, 2.05) is 45.2 Å². The van der Waals surface area contributed by atoms with Gasteiger partial charge in [-0.15, -0.1) is 0 Å². The molecular formula is C16H21N3O2. The molecule has 2 rings (SSSR count). The summed E-state index contributed by atoms with van der Waals surface area (Å²) in [7, 11) is 3.60. The number of likely N-dealkylation sites (N-methyl/N-ethyl adjacent to an activating group) is 1. The van der Waals surface area contributed by atoms with Crippen molar-refractivity contribution in [3.8, 4) is 5.75 Å². The Hall–Kier alpha value is -2.30. The molecule has 2 aromatic rings. The van der Waals surface area contributed by atoms with Gasteiger partial charge in [0.1, 0.15) is 12.4 Å². The van der Waals surface area contributed by atoms with Gasteiger partial charge < -0.3 is 9.64 Å². The van der Waals surface area contributed by atoms with Crippen LogP contribution in [0, 0.1) is 13.8 Å². The standard InChI is InChI=1S/C16H21N3O2/c1-12-7-5-6-8-15(12)21-10-9-18(3)16(20)14-11-17-19(4)13(14)2/h5-8,11H,9-10H2,1-4H3. The predicted molar refractivity (Wildman–Crippen MR) is 81.6 cm³/mol. The van der Waals surface area contributed by atoms with Crippen LogP contribution < -0.4 is 4.74 Å². The van der Waals surface area contributed by atoms with Gasteiger partial charge in [-0.3, -0.25) is 9.48 Å². The molecule has 0 spiro atoms. The molecule has 0 saturated carbocycles. The van der Waals surface area contributed by atoms with Crippen molar-refractivity contribution in [2.45, 2.75) is 13.8 Å². The Morgan fingerprint density at radius 2 is 2.05 bits per heavy atom. The van der Waals surface area contributed by atoms with Crippen LogP contribution in [0.25, 0.3) is 0 Å². The van der Waals surface area contributed by atoms with E-state index in [9.17, 15) is 4.79 Å². The monoisotopic (exact) mass is 287 g/mol. The molecule has 1 aromatic carbocycles. The highest BCUT2D eigenvalue weighted by atomic mass is 16.5. The molecule has 21 heavy (non-hydrogen) atoms. The summed E-state index contributed by atoms with van der Waals surface area (Å²) in [6, 6.07) is 7.85. The Bertz CT molecular complexity index is 634. The minimum absolute atomic E-state index is 0.0333. The molecular weight excluding hydrogens is 266 g/mol. The number of carbonyl (C=O) groups excluding carboxylic acids is 1. The number of ether oxygens (including phenoxy) is 1. The van der Waals surface area contributed by atoms with Gasteiger partial charge in [0.05, 0.1) is 18.3 Å². The van der Waals surface area contributed by atoms with Gasteiger partial charge >= 0.3 is 0 Å². The normalized spacial score (nSPS) is 10.5. The molecule has 1 aromatic heterocycles. The van der Waals surface area contributed by atoms with Crippen molar-refractivity contribution in [2.75, 3.05) is 20.2 Å². The first-order chi connectivity index (χ1) is 10.0. The second-order valence-corrected chi connectivity index (χ2v) is 5.11. The zero-order chi connectivity index (χ0) is 15.4. The van der Waals surface area contributed by atoms with Crippen LogP contribution in [0.3, 0.4) is 0 Å². The lowest BCUT2D eigenvalue weighted by Gasteiger charge is -2.17. The van der Waals surface area contributed by atoms with Crippen LogP contribution in [0.5, 0.6) is 5.75 Å². The maximum atomic E-state index is 12.3. The fourth-order valence-corrected chi connectivity index (χ4v) is 2.03. The number of carbonyl (C=O) groups is 1. The van der Waals surface area contributed by atoms with Gasteiger partial charge in [-0.1, -0.05) is 18.2 Å². The van der Waals surface area contributed by atoms with Crippen molar-refractivity contribution in [1.82, 2.24) is 14.7 Å². The highest BCUT2D eigenvalue weighted by Gasteiger charge is 2.16. The van der Waals surface area contributed by atoms with Crippen LogP contribution in [0.1, 0.15) is 21.6 Å². The smallest absolute Gasteiger partial charge is 0.257 e. The number of para-hydroxylation sites is 1. The molecule has 5 nitrogen and oxygen atoms in total. The van der Waals surface area contributed by atoms with Crippen molar-refractivity contribution in [3.05, 3.63) is 47.3 Å². The summed E-state index contributed by atoms with van der Waals surface area (Å²) in [4.78, 5) is 14.0. The number of hydrogen-bond acceptors (Lipinski definition) is 3. The molecule has 1 amide bonds. The van der Waals surface area contributed by atoms with Crippen molar-refractivity contribution < 1.29 is 9.53 Å². The fraction of sp³-hybridized carbons (Fsp3) is 0.375. The van der Waals surface area contributed by atoms with E-state index in [1.54, 1.807) is 22.8 Å². The second kappa shape index (κ2) is 6.43. The zero-order valence-electron chi connectivity index (χ0n) is 13.0. The molecule has 0 saturated heterocycles. The first-order valence-electron chi connectivity index (χ1n) is 6.93. The van der Waals surface area contributed by atoms with Crippen LogP contribution in [0.2, 0.25) is 0 Å². The summed E-state index contributed by atoms with van der Waals surface area (Å²) in [5.74, 6) is 0.824. The number of amides is 1. The fourth-order valence-electron chi connectivity index (χ4n) is 2.03. The average Bonchev–Trinajstić information content (AvgIpc) is 2.80. The third-order valence-corrected chi connectivity index (χ3v) is 3.59. The Kier molecular flexibility index (Phi) is 4.62. The summed E-state index contributed by atoms with van der Waals surface area (Å²) in [6.45, 7) is 4.88. The highest BCUT2D eigenvalue weighted by Crippen LogP contribution is 2.16. The maximum Gasteiger partial charge on any atom is 0.257 e. The summed E-state index contributed by atoms with van der Waals surface area (Å²) >= 11 is 0. The molecule has 0 N–H and O–H groups in total. The third-order valence-electron chi connectivity index (χ3n) is 3.59. The molecule has 0 aliphatic carbocycles. The lowest BCUT2D eigenvalue weighted by atomic mass is 10.2. The molecule has 1 heterocycles. The van der Waals surface area contributed by atoms with Gasteiger partial charge in [-0.05, 0) is 25.5 Å². The minimum atomic E-state index is -0.0333. The molecule has 0 fully saturated rings. The van der Waals surface area contributed by atoms with E-state index in [-0.39, 0.29) is 5.91 Å². The van der Waals surface area contributed by atoms with E-state index in [2.05, 4.69) is 5.10 Å². The minimum Gasteiger partial charge on any atom is -0.491 e. The van der Waals surface area contributed by atoms with Gasteiger partial charge in [0, 0.05) is 19.8 Å². The molecule has 0 aliphatic heterocycles. The largest absolute Gasteiger partial charge is 0.491 e. The van der Waals surface area contributed by atoms with Gasteiger partial charge in [0.2, 0.25) is 0 Å². The molecule has 112 valence electrons. The van der Waals surface area contributed by atoms with Crippen LogP contribution >= 0.6 is 0 Å². The van der Waals surface area contributed by atoms with Gasteiger partial charge in [0.25, 0.3) is 5.91 Å². The summed E-state index contributed by atoms with van der Waals surface area (Å²) in [5, 5.41) is 4.10. The van der Waals surface area contributed by atoms with Gasteiger partial charge in [-0.25, -0.2) is 0 Å². The van der Waals surface area contributed by atoms with E-state index in [1.165, 1.54) is 0 Å². The van der Waals surface area contributed by atoms with Gasteiger partial charge in [-0.2, -0.15) is 5.10 Å². The number of hydrogen-bond donors (Lipinski definition) is 0. The van der Waals surface area contributed by atoms with Crippen molar-refractivity contribution in [1.29, 1.82) is 0 Å². The van der Waals surface area contributed by atoms with E-state index in [0.29, 0.717) is 18.7 Å². The number of benzene rings is 1. The summed E-state index contributed by atoms with van der Waals surface area (Å²) in [5.41, 5.74) is 2.59. The van der Waals surface area contributed by atoms with Crippen LogP contribution in [-0.4, -0.2) is 40.8 Å². The Labute approximate surface area is 125 Å². The maximum absolute atomic E-state index is 12.3. The quantitative estimate of drug-likeness (QED) is 0.847. The lowest BCUT2D eigenvalue weighted by molar-refractivity contribution is 0.0773. The number of aromatic nitrogens is 2. The Balaban J connectivity index is 1.90. The lowest BCUT2D eigenvalue weighted by Crippen LogP contribution is -2.31. The Morgan fingerprint density at radius 1 is 1.33 bits per heavy atom. The third kappa shape index (κ3) is 3.42. The zero-order valence-corrected chi connectivity index (χ0v) is 13.0. The molecule has 0 bridgehead atoms. The molecule has 0 unspecified atom stereocenters. The van der Waals surface area contributed by atoms with Gasteiger partial charge in [0.15, 0.2) is 0 Å². The molecule has 5 heteroatoms. The van der Waals surface area contributed by atoms with Crippen molar-refractivity contribution in [3.63, 3.8) is 0 Å². The van der Waals surface area contributed by atoms with E-state index >= 15 is 0 Å². The van der Waals surface area contributed by atoms with Crippen LogP contribution in [0.4, 0.5) is 0 Å². The van der Waals surface area contributed by atoms with Crippen molar-refractivity contribution >= 4 is 5.91 Å². The van der Waals surface area contributed by atoms with E-state index in [0.717, 1.165) is 17.0 Å². The SMILES string of the molecule is Cc1ccccc1OCCN(C)C(=O)c1cnn(C)c1C. The number of nitrogens with zero attached hydrogens (tertiary/aromatic N) is 3. The topological polar surface area (TPSA) is 47.4 Å². The number of rotatable bonds is 5. The molecule has 0 atom stereocenters. The first-order valence-corrected chi connectivity index (χ1v) is 6.93. The Morgan fingerprint density at radius 3 is 2.67 bits per heavy atom. The predicted octanol–water partition coefficient (Wildman–Crippen LogP) is 2.19. The van der Waals surface area contributed by atoms with E-state index < -0.39 is 0 Å². The molecule has 0 aliphatic rings. The van der Waals surface area contributed by atoms with Crippen LogP contribution in [-0.2, 0) is 7.05 Å². The van der Waals surface area contributed by atoms with Crippen LogP contribution in [0.15, 0.2) is 30.5 Å². The van der Waals surface area contributed by atoms with Crippen molar-refractivity contribution in [2.24, 2.45) is 7.05 Å². The molecule has 0 radical (unpaired) electrons. The summed E-state index contributed by atoms with van der Waals surface area (Å²) in [6.07, 6.45) is 1.61. The number of aryl methyl sites for hydroxylation is 2. The highest BCUT2D eigenvalue weighted by molar-refractivity contribution is 5.94. The first kappa shape index (κ1) is 15.1. The average molecular weight is 287 g/mol. The summed E-state index contributed by atoms with van der Waals surface area (Å²) < 4.78 is 7.41.